The number of halogens is 1. The van der Waals surface area contributed by atoms with Gasteiger partial charge in [-0.15, -0.1) is 0 Å². The Bertz CT molecular complexity index is 643. The van der Waals surface area contributed by atoms with Crippen LogP contribution >= 0.6 is 0 Å². The van der Waals surface area contributed by atoms with Gasteiger partial charge in [-0.3, -0.25) is 4.79 Å². The molecular formula is C16H16FNO3. The molecule has 0 fully saturated rings. The van der Waals surface area contributed by atoms with Gasteiger partial charge in [-0.2, -0.15) is 0 Å². The van der Waals surface area contributed by atoms with Crippen LogP contribution in [0.15, 0.2) is 42.5 Å². The average molecular weight is 289 g/mol. The van der Waals surface area contributed by atoms with Crippen LogP contribution in [-0.2, 0) is 22.6 Å². The van der Waals surface area contributed by atoms with Gasteiger partial charge in [-0.1, -0.05) is 12.1 Å². The van der Waals surface area contributed by atoms with Crippen LogP contribution in [0.4, 0.5) is 10.1 Å². The molecule has 21 heavy (non-hydrogen) atoms. The first kappa shape index (κ1) is 14.8. The maximum absolute atomic E-state index is 13.7. The molecule has 0 atom stereocenters. The fourth-order valence-corrected chi connectivity index (χ4v) is 1.85. The van der Waals surface area contributed by atoms with Gasteiger partial charge in [0.2, 0.25) is 0 Å². The molecule has 0 aliphatic carbocycles. The number of methoxy groups -OCH3 is 1. The number of esters is 1. The van der Waals surface area contributed by atoms with Crippen molar-refractivity contribution in [3.8, 4) is 5.75 Å². The van der Waals surface area contributed by atoms with Crippen LogP contribution in [0.1, 0.15) is 11.1 Å². The predicted molar refractivity (Wildman–Crippen MR) is 77.3 cm³/mol. The van der Waals surface area contributed by atoms with Gasteiger partial charge in [0.1, 0.15) is 18.2 Å². The number of hydrogen-bond acceptors (Lipinski definition) is 4. The van der Waals surface area contributed by atoms with E-state index in [9.17, 15) is 9.18 Å². The lowest BCUT2D eigenvalue weighted by atomic mass is 10.1. The van der Waals surface area contributed by atoms with Crippen LogP contribution in [0, 0.1) is 5.82 Å². The number of carbonyl (C=O) groups excluding carboxylic acids is 1. The molecule has 0 aromatic heterocycles. The van der Waals surface area contributed by atoms with Crippen LogP contribution in [0.25, 0.3) is 0 Å². The predicted octanol–water partition coefficient (Wildman–Crippen LogP) is 2.70. The van der Waals surface area contributed by atoms with Crippen LogP contribution < -0.4 is 10.5 Å². The minimum Gasteiger partial charge on any atom is -0.497 e. The molecule has 0 bridgehead atoms. The van der Waals surface area contributed by atoms with Gasteiger partial charge in [0.25, 0.3) is 0 Å². The monoisotopic (exact) mass is 289 g/mol. The van der Waals surface area contributed by atoms with Gasteiger partial charge in [0.05, 0.1) is 13.5 Å². The highest BCUT2D eigenvalue weighted by molar-refractivity contribution is 5.73. The Morgan fingerprint density at radius 1 is 1.24 bits per heavy atom. The largest absolute Gasteiger partial charge is 0.497 e. The summed E-state index contributed by atoms with van der Waals surface area (Å²) in [6, 6.07) is 11.4. The van der Waals surface area contributed by atoms with E-state index in [1.807, 2.05) is 0 Å². The lowest BCUT2D eigenvalue weighted by Crippen LogP contribution is -2.09. The van der Waals surface area contributed by atoms with Crippen molar-refractivity contribution in [3.05, 3.63) is 59.4 Å². The molecule has 2 aromatic rings. The van der Waals surface area contributed by atoms with Crippen LogP contribution in [0.3, 0.4) is 0 Å². The fraction of sp³-hybridized carbons (Fsp3) is 0.188. The van der Waals surface area contributed by atoms with Crippen LogP contribution in [-0.4, -0.2) is 13.1 Å². The maximum Gasteiger partial charge on any atom is 0.310 e. The highest BCUT2D eigenvalue weighted by Gasteiger charge is 2.09. The smallest absolute Gasteiger partial charge is 0.310 e. The second-order valence-corrected chi connectivity index (χ2v) is 4.54. The van der Waals surface area contributed by atoms with Crippen molar-refractivity contribution in [2.24, 2.45) is 0 Å². The Balaban J connectivity index is 1.92. The van der Waals surface area contributed by atoms with E-state index in [0.717, 1.165) is 5.56 Å². The van der Waals surface area contributed by atoms with Crippen LogP contribution in [0.2, 0.25) is 0 Å². The van der Waals surface area contributed by atoms with Crippen molar-refractivity contribution >= 4 is 11.7 Å². The Morgan fingerprint density at radius 3 is 2.71 bits per heavy atom. The molecule has 0 aliphatic rings. The van der Waals surface area contributed by atoms with Crippen LogP contribution in [0.5, 0.6) is 5.75 Å². The van der Waals surface area contributed by atoms with Gasteiger partial charge in [-0.25, -0.2) is 4.39 Å². The summed E-state index contributed by atoms with van der Waals surface area (Å²) in [7, 11) is 1.46. The second kappa shape index (κ2) is 6.74. The number of carbonyl (C=O) groups is 1. The molecule has 4 nitrogen and oxygen atoms in total. The van der Waals surface area contributed by atoms with Gasteiger partial charge < -0.3 is 15.2 Å². The van der Waals surface area contributed by atoms with Crippen molar-refractivity contribution in [3.63, 3.8) is 0 Å². The third-order valence-corrected chi connectivity index (χ3v) is 2.95. The van der Waals surface area contributed by atoms with Crippen molar-refractivity contribution in [2.45, 2.75) is 13.0 Å². The summed E-state index contributed by atoms with van der Waals surface area (Å²) in [5.74, 6) is -0.482. The molecule has 2 rings (SSSR count). The number of ether oxygens (including phenoxy) is 2. The molecule has 110 valence electrons. The highest BCUT2D eigenvalue weighted by atomic mass is 19.1. The summed E-state index contributed by atoms with van der Waals surface area (Å²) < 4.78 is 23.7. The number of hydrogen-bond donors (Lipinski definition) is 1. The van der Waals surface area contributed by atoms with Gasteiger partial charge in [-0.05, 0) is 29.8 Å². The Hall–Kier alpha value is -2.56. The fourth-order valence-electron chi connectivity index (χ4n) is 1.85. The normalized spacial score (nSPS) is 10.2. The van der Waals surface area contributed by atoms with Gasteiger partial charge in [0, 0.05) is 17.3 Å². The zero-order chi connectivity index (χ0) is 15.2. The Labute approximate surface area is 122 Å². The van der Waals surface area contributed by atoms with Gasteiger partial charge in [0.15, 0.2) is 0 Å². The molecule has 2 N–H and O–H groups in total. The maximum atomic E-state index is 13.7. The first-order valence-electron chi connectivity index (χ1n) is 6.41. The van der Waals surface area contributed by atoms with Crippen molar-refractivity contribution in [1.82, 2.24) is 0 Å². The topological polar surface area (TPSA) is 61.5 Å². The molecule has 2 aromatic carbocycles. The number of rotatable bonds is 5. The molecule has 5 heteroatoms. The minimum atomic E-state index is -0.467. The molecule has 0 amide bonds. The molecule has 0 saturated heterocycles. The Morgan fingerprint density at radius 2 is 2.05 bits per heavy atom. The van der Waals surface area contributed by atoms with E-state index >= 15 is 0 Å². The molecule has 0 aliphatic heterocycles. The molecular weight excluding hydrogens is 273 g/mol. The first-order valence-corrected chi connectivity index (χ1v) is 6.41. The summed E-state index contributed by atoms with van der Waals surface area (Å²) >= 11 is 0. The molecule has 0 unspecified atom stereocenters. The SMILES string of the molecule is COc1ccc(COC(=O)Cc2cccc(N)c2)c(F)c1. The van der Waals surface area contributed by atoms with E-state index in [4.69, 9.17) is 15.2 Å². The van der Waals surface area contributed by atoms with E-state index < -0.39 is 11.8 Å². The van der Waals surface area contributed by atoms with E-state index in [1.165, 1.54) is 19.2 Å². The summed E-state index contributed by atoms with van der Waals surface area (Å²) in [5, 5.41) is 0. The van der Waals surface area contributed by atoms with Crippen molar-refractivity contribution < 1.29 is 18.7 Å². The van der Waals surface area contributed by atoms with E-state index in [2.05, 4.69) is 0 Å². The summed E-state index contributed by atoms with van der Waals surface area (Å²) in [6.07, 6.45) is 0.100. The van der Waals surface area contributed by atoms with Crippen molar-refractivity contribution in [2.75, 3.05) is 12.8 Å². The standard InChI is InChI=1S/C16H16FNO3/c1-20-14-6-5-12(15(17)9-14)10-21-16(19)8-11-3-2-4-13(18)7-11/h2-7,9H,8,10,18H2,1H3. The van der Waals surface area contributed by atoms with Crippen molar-refractivity contribution in [1.29, 1.82) is 0 Å². The summed E-state index contributed by atoms with van der Waals surface area (Å²) in [4.78, 5) is 11.7. The third-order valence-electron chi connectivity index (χ3n) is 2.95. The van der Waals surface area contributed by atoms with E-state index in [1.54, 1.807) is 30.3 Å². The van der Waals surface area contributed by atoms with E-state index in [-0.39, 0.29) is 13.0 Å². The number of benzene rings is 2. The number of nitrogen functional groups attached to an aromatic ring is 1. The molecule has 0 spiro atoms. The van der Waals surface area contributed by atoms with E-state index in [0.29, 0.717) is 17.0 Å². The summed E-state index contributed by atoms with van der Waals surface area (Å²) in [6.45, 7) is -0.114. The third kappa shape index (κ3) is 4.21. The molecule has 0 heterocycles. The second-order valence-electron chi connectivity index (χ2n) is 4.54. The average Bonchev–Trinajstić information content (AvgIpc) is 2.46. The number of anilines is 1. The quantitative estimate of drug-likeness (QED) is 0.679. The zero-order valence-electron chi connectivity index (χ0n) is 11.6. The lowest BCUT2D eigenvalue weighted by molar-refractivity contribution is -0.144. The molecule has 0 saturated carbocycles. The lowest BCUT2D eigenvalue weighted by Gasteiger charge is -2.07. The Kier molecular flexibility index (Phi) is 4.77. The number of nitrogens with two attached hydrogens (primary N) is 1. The first-order chi connectivity index (χ1) is 10.1. The minimum absolute atomic E-state index is 0.100. The summed E-state index contributed by atoms with van der Waals surface area (Å²) in [5.41, 5.74) is 7.28. The highest BCUT2D eigenvalue weighted by Crippen LogP contribution is 2.17. The zero-order valence-corrected chi connectivity index (χ0v) is 11.6. The van der Waals surface area contributed by atoms with Gasteiger partial charge >= 0.3 is 5.97 Å². The molecule has 0 radical (unpaired) electrons.